The number of amides is 1. The number of anilines is 1. The fourth-order valence-electron chi connectivity index (χ4n) is 1.78. The largest absolute Gasteiger partial charge is 0.382 e. The number of halogens is 1. The molecule has 0 unspecified atom stereocenters. The van der Waals surface area contributed by atoms with Crippen molar-refractivity contribution in [3.05, 3.63) is 53.7 Å². The van der Waals surface area contributed by atoms with E-state index in [4.69, 9.17) is 12.2 Å². The van der Waals surface area contributed by atoms with Gasteiger partial charge in [0, 0.05) is 18.9 Å². The van der Waals surface area contributed by atoms with E-state index in [1.54, 1.807) is 12.1 Å². The minimum absolute atomic E-state index is 0.0450. The fourth-order valence-corrected chi connectivity index (χ4v) is 1.78. The second kappa shape index (κ2) is 6.48. The van der Waals surface area contributed by atoms with Crippen LogP contribution in [-0.2, 0) is 6.54 Å². The zero-order chi connectivity index (χ0) is 15.2. The van der Waals surface area contributed by atoms with E-state index in [1.165, 1.54) is 29.4 Å². The molecule has 0 atom stereocenters. The summed E-state index contributed by atoms with van der Waals surface area (Å²) in [4.78, 5) is 21.6. The molecule has 0 fully saturated rings. The fraction of sp³-hybridized carbons (Fsp3) is 0.133. The summed E-state index contributed by atoms with van der Waals surface area (Å²) in [5.74, 6) is 1.70. The van der Waals surface area contributed by atoms with Gasteiger partial charge in [0.2, 0.25) is 0 Å². The van der Waals surface area contributed by atoms with Crippen LogP contribution < -0.4 is 5.73 Å². The Labute approximate surface area is 121 Å². The number of nitrogens with zero attached hydrogens (tertiary/aromatic N) is 3. The van der Waals surface area contributed by atoms with E-state index in [0.29, 0.717) is 0 Å². The second-order valence-electron chi connectivity index (χ2n) is 4.28. The van der Waals surface area contributed by atoms with Crippen LogP contribution in [0.15, 0.2) is 36.7 Å². The van der Waals surface area contributed by atoms with Gasteiger partial charge >= 0.3 is 0 Å². The molecular weight excluding hydrogens is 271 g/mol. The predicted octanol–water partition coefficient (Wildman–Crippen LogP) is 1.47. The first-order valence-corrected chi connectivity index (χ1v) is 6.15. The average Bonchev–Trinajstić information content (AvgIpc) is 2.49. The van der Waals surface area contributed by atoms with E-state index in [9.17, 15) is 9.18 Å². The van der Waals surface area contributed by atoms with E-state index in [0.717, 1.165) is 5.56 Å². The summed E-state index contributed by atoms with van der Waals surface area (Å²) < 4.78 is 12.9. The normalized spacial score (nSPS) is 9.90. The Balaban J connectivity index is 2.23. The molecule has 2 aromatic rings. The molecule has 2 N–H and O–H groups in total. The van der Waals surface area contributed by atoms with Gasteiger partial charge < -0.3 is 10.6 Å². The van der Waals surface area contributed by atoms with Crippen molar-refractivity contribution >= 4 is 11.7 Å². The number of nitrogen functional groups attached to an aromatic ring is 1. The molecule has 0 bridgehead atoms. The molecule has 0 aliphatic heterocycles. The Kier molecular flexibility index (Phi) is 4.46. The van der Waals surface area contributed by atoms with E-state index in [2.05, 4.69) is 15.9 Å². The summed E-state index contributed by atoms with van der Waals surface area (Å²) in [6.07, 6.45) is 8.07. The third kappa shape index (κ3) is 3.54. The number of benzene rings is 1. The molecule has 0 spiro atoms. The molecule has 6 heteroatoms. The number of rotatable bonds is 4. The number of hydrogen-bond acceptors (Lipinski definition) is 4. The topological polar surface area (TPSA) is 72.1 Å². The van der Waals surface area contributed by atoms with Crippen LogP contribution in [0.1, 0.15) is 16.1 Å². The quantitative estimate of drug-likeness (QED) is 0.863. The van der Waals surface area contributed by atoms with Crippen molar-refractivity contribution in [3.63, 3.8) is 0 Å². The molecule has 1 aromatic heterocycles. The molecule has 0 aliphatic carbocycles. The summed E-state index contributed by atoms with van der Waals surface area (Å²) in [5, 5.41) is 0. The van der Waals surface area contributed by atoms with Crippen molar-refractivity contribution in [2.24, 2.45) is 0 Å². The van der Waals surface area contributed by atoms with Crippen LogP contribution in [0.5, 0.6) is 0 Å². The molecule has 21 heavy (non-hydrogen) atoms. The lowest BCUT2D eigenvalue weighted by molar-refractivity contribution is 0.0760. The standard InChI is InChI=1S/C15H13FN4O/c1-2-9-20(10-11-3-5-12(16)6-4-11)15(21)13-14(17)19-8-7-18-13/h1,3-8H,9-10H2,(H2,17,19). The number of carbonyl (C=O) groups excluding carboxylic acids is 1. The Morgan fingerprint density at radius 2 is 1.95 bits per heavy atom. The molecule has 0 saturated carbocycles. The van der Waals surface area contributed by atoms with E-state index in [1.807, 2.05) is 0 Å². The van der Waals surface area contributed by atoms with Gasteiger partial charge in [0.05, 0.1) is 6.54 Å². The maximum Gasteiger partial charge on any atom is 0.277 e. The Bertz CT molecular complexity index is 679. The van der Waals surface area contributed by atoms with Crippen molar-refractivity contribution < 1.29 is 9.18 Å². The predicted molar refractivity (Wildman–Crippen MR) is 76.4 cm³/mol. The monoisotopic (exact) mass is 284 g/mol. The Morgan fingerprint density at radius 1 is 1.29 bits per heavy atom. The highest BCUT2D eigenvalue weighted by Crippen LogP contribution is 2.12. The molecule has 0 saturated heterocycles. The number of terminal acetylenes is 1. The molecule has 1 aromatic carbocycles. The van der Waals surface area contributed by atoms with Gasteiger partial charge in [-0.3, -0.25) is 4.79 Å². The summed E-state index contributed by atoms with van der Waals surface area (Å²) in [6, 6.07) is 5.83. The van der Waals surface area contributed by atoms with Crippen molar-refractivity contribution in [3.8, 4) is 12.3 Å². The summed E-state index contributed by atoms with van der Waals surface area (Å²) in [7, 11) is 0. The minimum Gasteiger partial charge on any atom is -0.382 e. The third-order valence-electron chi connectivity index (χ3n) is 2.79. The zero-order valence-electron chi connectivity index (χ0n) is 11.2. The first kappa shape index (κ1) is 14.5. The maximum atomic E-state index is 12.9. The first-order chi connectivity index (χ1) is 10.1. The summed E-state index contributed by atoms with van der Waals surface area (Å²) >= 11 is 0. The van der Waals surface area contributed by atoms with Gasteiger partial charge in [-0.25, -0.2) is 14.4 Å². The molecule has 0 aliphatic rings. The van der Waals surface area contributed by atoms with Crippen LogP contribution >= 0.6 is 0 Å². The van der Waals surface area contributed by atoms with E-state index >= 15 is 0 Å². The highest BCUT2D eigenvalue weighted by atomic mass is 19.1. The molecule has 0 radical (unpaired) electrons. The van der Waals surface area contributed by atoms with Crippen LogP contribution in [0.3, 0.4) is 0 Å². The number of carbonyl (C=O) groups is 1. The highest BCUT2D eigenvalue weighted by Gasteiger charge is 2.19. The smallest absolute Gasteiger partial charge is 0.277 e. The third-order valence-corrected chi connectivity index (χ3v) is 2.79. The van der Waals surface area contributed by atoms with Gasteiger partial charge in [-0.2, -0.15) is 0 Å². The summed E-state index contributed by atoms with van der Waals surface area (Å²) in [6.45, 7) is 0.325. The molecular formula is C15H13FN4O. The Morgan fingerprint density at radius 3 is 2.57 bits per heavy atom. The minimum atomic E-state index is -0.414. The highest BCUT2D eigenvalue weighted by molar-refractivity contribution is 5.96. The van der Waals surface area contributed by atoms with E-state index < -0.39 is 5.91 Å². The van der Waals surface area contributed by atoms with Gasteiger partial charge in [-0.1, -0.05) is 18.1 Å². The van der Waals surface area contributed by atoms with Crippen LogP contribution in [0.4, 0.5) is 10.2 Å². The lowest BCUT2D eigenvalue weighted by Crippen LogP contribution is -2.32. The lowest BCUT2D eigenvalue weighted by Gasteiger charge is -2.20. The van der Waals surface area contributed by atoms with Gasteiger partial charge in [0.15, 0.2) is 11.5 Å². The zero-order valence-corrected chi connectivity index (χ0v) is 11.2. The number of aromatic nitrogens is 2. The second-order valence-corrected chi connectivity index (χ2v) is 4.28. The lowest BCUT2D eigenvalue weighted by atomic mass is 10.2. The maximum absolute atomic E-state index is 12.9. The Hall–Kier alpha value is -2.94. The summed E-state index contributed by atoms with van der Waals surface area (Å²) in [5.41, 5.74) is 6.45. The van der Waals surface area contributed by atoms with E-state index in [-0.39, 0.29) is 30.4 Å². The molecule has 106 valence electrons. The molecule has 5 nitrogen and oxygen atoms in total. The van der Waals surface area contributed by atoms with Crippen LogP contribution in [-0.4, -0.2) is 27.3 Å². The van der Waals surface area contributed by atoms with Gasteiger partial charge in [0.1, 0.15) is 5.82 Å². The van der Waals surface area contributed by atoms with Crippen LogP contribution in [0, 0.1) is 18.2 Å². The number of hydrogen-bond donors (Lipinski definition) is 1. The number of nitrogens with two attached hydrogens (primary N) is 1. The van der Waals surface area contributed by atoms with Gasteiger partial charge in [-0.15, -0.1) is 6.42 Å². The van der Waals surface area contributed by atoms with Crippen molar-refractivity contribution in [2.75, 3.05) is 12.3 Å². The molecule has 1 amide bonds. The van der Waals surface area contributed by atoms with Crippen molar-refractivity contribution in [1.82, 2.24) is 14.9 Å². The molecule has 2 rings (SSSR count). The molecule has 1 heterocycles. The van der Waals surface area contributed by atoms with Crippen LogP contribution in [0.2, 0.25) is 0 Å². The average molecular weight is 284 g/mol. The SMILES string of the molecule is C#CCN(Cc1ccc(F)cc1)C(=O)c1nccnc1N. The first-order valence-electron chi connectivity index (χ1n) is 6.15. The van der Waals surface area contributed by atoms with Crippen molar-refractivity contribution in [1.29, 1.82) is 0 Å². The van der Waals surface area contributed by atoms with Crippen LogP contribution in [0.25, 0.3) is 0 Å². The van der Waals surface area contributed by atoms with Crippen molar-refractivity contribution in [2.45, 2.75) is 6.54 Å². The van der Waals surface area contributed by atoms with Gasteiger partial charge in [-0.05, 0) is 17.7 Å². The van der Waals surface area contributed by atoms with Gasteiger partial charge in [0.25, 0.3) is 5.91 Å².